The van der Waals surface area contributed by atoms with Crippen LogP contribution in [0.3, 0.4) is 0 Å². The smallest absolute Gasteiger partial charge is 0.110 e. The van der Waals surface area contributed by atoms with Crippen LogP contribution in [0.25, 0.3) is 5.69 Å². The van der Waals surface area contributed by atoms with Gasteiger partial charge in [-0.1, -0.05) is 12.1 Å². The molecule has 2 heterocycles. The quantitative estimate of drug-likeness (QED) is 0.894. The van der Waals surface area contributed by atoms with Gasteiger partial charge >= 0.3 is 0 Å². The molecular formula is C15H19N3. The summed E-state index contributed by atoms with van der Waals surface area (Å²) < 4.78 is 2.11. The van der Waals surface area contributed by atoms with Crippen LogP contribution in [0, 0.1) is 6.92 Å². The van der Waals surface area contributed by atoms with E-state index in [1.165, 1.54) is 30.6 Å². The molecular weight excluding hydrogens is 222 g/mol. The van der Waals surface area contributed by atoms with E-state index in [1.807, 2.05) is 19.3 Å². The summed E-state index contributed by atoms with van der Waals surface area (Å²) in [5.74, 6) is 1.03. The Hall–Kier alpha value is -1.61. The van der Waals surface area contributed by atoms with Gasteiger partial charge in [0.1, 0.15) is 5.82 Å². The Balaban J connectivity index is 1.74. The fraction of sp³-hybridized carbons (Fsp3) is 0.400. The lowest BCUT2D eigenvalue weighted by Gasteiger charge is -2.11. The molecule has 1 aromatic heterocycles. The Bertz CT molecular complexity index is 507. The van der Waals surface area contributed by atoms with Gasteiger partial charge in [-0.25, -0.2) is 4.98 Å². The first kappa shape index (κ1) is 11.5. The number of benzene rings is 1. The molecule has 3 rings (SSSR count). The molecule has 0 aliphatic carbocycles. The third-order valence-electron chi connectivity index (χ3n) is 3.68. The zero-order valence-electron chi connectivity index (χ0n) is 10.8. The number of aryl methyl sites for hydroxylation is 1. The lowest BCUT2D eigenvalue weighted by atomic mass is 10.0. The van der Waals surface area contributed by atoms with Gasteiger partial charge in [-0.3, -0.25) is 0 Å². The van der Waals surface area contributed by atoms with Crippen LogP contribution in [0.15, 0.2) is 36.7 Å². The van der Waals surface area contributed by atoms with Crippen LogP contribution in [-0.2, 0) is 6.42 Å². The van der Waals surface area contributed by atoms with E-state index in [-0.39, 0.29) is 0 Å². The number of aromatic nitrogens is 2. The summed E-state index contributed by atoms with van der Waals surface area (Å²) in [6.07, 6.45) is 7.61. The fourth-order valence-corrected chi connectivity index (χ4v) is 2.66. The van der Waals surface area contributed by atoms with Crippen molar-refractivity contribution in [1.29, 1.82) is 0 Å². The van der Waals surface area contributed by atoms with E-state index in [0.717, 1.165) is 12.2 Å². The Morgan fingerprint density at radius 3 is 2.78 bits per heavy atom. The van der Waals surface area contributed by atoms with Gasteiger partial charge in [-0.05, 0) is 50.4 Å². The molecule has 2 aromatic rings. The molecule has 94 valence electrons. The molecule has 1 atom stereocenters. The van der Waals surface area contributed by atoms with Crippen LogP contribution in [0.5, 0.6) is 0 Å². The monoisotopic (exact) mass is 241 g/mol. The summed E-state index contributed by atoms with van der Waals surface area (Å²) in [5.41, 5.74) is 2.60. The SMILES string of the molecule is Cc1nccn1-c1ccc(CC2CCCN2)cc1. The van der Waals surface area contributed by atoms with Crippen molar-refractivity contribution < 1.29 is 0 Å². The van der Waals surface area contributed by atoms with E-state index < -0.39 is 0 Å². The highest BCUT2D eigenvalue weighted by Crippen LogP contribution is 2.15. The van der Waals surface area contributed by atoms with Gasteiger partial charge < -0.3 is 9.88 Å². The standard InChI is InChI=1S/C15H19N3/c1-12-16-9-10-18(12)15-6-4-13(5-7-15)11-14-3-2-8-17-14/h4-7,9-10,14,17H,2-3,8,11H2,1H3. The van der Waals surface area contributed by atoms with Gasteiger partial charge in [0.05, 0.1) is 0 Å². The number of hydrogen-bond acceptors (Lipinski definition) is 2. The Morgan fingerprint density at radius 1 is 1.33 bits per heavy atom. The van der Waals surface area contributed by atoms with Gasteiger partial charge in [0.25, 0.3) is 0 Å². The third kappa shape index (κ3) is 2.31. The maximum atomic E-state index is 4.25. The molecule has 3 heteroatoms. The number of hydrogen-bond donors (Lipinski definition) is 1. The van der Waals surface area contributed by atoms with Crippen molar-refractivity contribution in [2.45, 2.75) is 32.2 Å². The van der Waals surface area contributed by atoms with Crippen molar-refractivity contribution in [2.75, 3.05) is 6.54 Å². The number of nitrogens with one attached hydrogen (secondary N) is 1. The first-order valence-electron chi connectivity index (χ1n) is 6.65. The van der Waals surface area contributed by atoms with E-state index in [2.05, 4.69) is 39.1 Å². The van der Waals surface area contributed by atoms with Crippen LogP contribution < -0.4 is 5.32 Å². The predicted octanol–water partition coefficient (Wildman–Crippen LogP) is 2.48. The normalized spacial score (nSPS) is 19.3. The van der Waals surface area contributed by atoms with E-state index in [9.17, 15) is 0 Å². The molecule has 1 aliphatic heterocycles. The minimum atomic E-state index is 0.672. The Morgan fingerprint density at radius 2 is 2.17 bits per heavy atom. The average Bonchev–Trinajstić information content (AvgIpc) is 3.02. The number of rotatable bonds is 3. The molecule has 1 saturated heterocycles. The molecule has 1 N–H and O–H groups in total. The van der Waals surface area contributed by atoms with Gasteiger partial charge in [-0.15, -0.1) is 0 Å². The minimum Gasteiger partial charge on any atom is -0.314 e. The summed E-state index contributed by atoms with van der Waals surface area (Å²) >= 11 is 0. The van der Waals surface area contributed by atoms with Crippen molar-refractivity contribution >= 4 is 0 Å². The van der Waals surface area contributed by atoms with Gasteiger partial charge in [0.15, 0.2) is 0 Å². The molecule has 3 nitrogen and oxygen atoms in total. The third-order valence-corrected chi connectivity index (χ3v) is 3.68. The lowest BCUT2D eigenvalue weighted by molar-refractivity contribution is 0.603. The number of nitrogens with zero attached hydrogens (tertiary/aromatic N) is 2. The summed E-state index contributed by atoms with van der Waals surface area (Å²) in [5, 5.41) is 3.54. The Kier molecular flexibility index (Phi) is 3.15. The maximum absolute atomic E-state index is 4.25. The molecule has 1 unspecified atom stereocenters. The first-order chi connectivity index (χ1) is 8.83. The van der Waals surface area contributed by atoms with E-state index in [1.54, 1.807) is 0 Å². The molecule has 0 radical (unpaired) electrons. The van der Waals surface area contributed by atoms with Crippen LogP contribution in [0.4, 0.5) is 0 Å². The molecule has 18 heavy (non-hydrogen) atoms. The van der Waals surface area contributed by atoms with Crippen molar-refractivity contribution in [3.05, 3.63) is 48.0 Å². The molecule has 1 aliphatic rings. The fourth-order valence-electron chi connectivity index (χ4n) is 2.66. The summed E-state index contributed by atoms with van der Waals surface area (Å²) in [7, 11) is 0. The van der Waals surface area contributed by atoms with Crippen LogP contribution in [0.2, 0.25) is 0 Å². The average molecular weight is 241 g/mol. The highest BCUT2D eigenvalue weighted by atomic mass is 15.1. The van der Waals surface area contributed by atoms with Crippen molar-refractivity contribution in [1.82, 2.24) is 14.9 Å². The van der Waals surface area contributed by atoms with Gasteiger partial charge in [0, 0.05) is 24.1 Å². The predicted molar refractivity (Wildman–Crippen MR) is 73.0 cm³/mol. The largest absolute Gasteiger partial charge is 0.314 e. The summed E-state index contributed by atoms with van der Waals surface area (Å²) in [6.45, 7) is 3.20. The highest BCUT2D eigenvalue weighted by molar-refractivity contribution is 5.36. The minimum absolute atomic E-state index is 0.672. The summed E-state index contributed by atoms with van der Waals surface area (Å²) in [4.78, 5) is 4.25. The molecule has 0 bridgehead atoms. The summed E-state index contributed by atoms with van der Waals surface area (Å²) in [6, 6.07) is 9.49. The Labute approximate surface area is 108 Å². The zero-order chi connectivity index (χ0) is 12.4. The van der Waals surface area contributed by atoms with Crippen molar-refractivity contribution in [2.24, 2.45) is 0 Å². The van der Waals surface area contributed by atoms with Crippen molar-refractivity contribution in [3.8, 4) is 5.69 Å². The molecule has 1 fully saturated rings. The topological polar surface area (TPSA) is 29.9 Å². The van der Waals surface area contributed by atoms with Crippen LogP contribution >= 0.6 is 0 Å². The number of imidazole rings is 1. The van der Waals surface area contributed by atoms with Gasteiger partial charge in [0.2, 0.25) is 0 Å². The second-order valence-corrected chi connectivity index (χ2v) is 5.01. The molecule has 1 aromatic carbocycles. The van der Waals surface area contributed by atoms with Crippen molar-refractivity contribution in [3.63, 3.8) is 0 Å². The van der Waals surface area contributed by atoms with E-state index in [0.29, 0.717) is 6.04 Å². The molecule has 0 saturated carbocycles. The van der Waals surface area contributed by atoms with Crippen LogP contribution in [-0.4, -0.2) is 22.1 Å². The second-order valence-electron chi connectivity index (χ2n) is 5.01. The van der Waals surface area contributed by atoms with E-state index in [4.69, 9.17) is 0 Å². The van der Waals surface area contributed by atoms with E-state index >= 15 is 0 Å². The molecule has 0 amide bonds. The maximum Gasteiger partial charge on any atom is 0.110 e. The first-order valence-corrected chi connectivity index (χ1v) is 6.65. The molecule has 0 spiro atoms. The van der Waals surface area contributed by atoms with Gasteiger partial charge in [-0.2, -0.15) is 0 Å². The van der Waals surface area contributed by atoms with Crippen LogP contribution in [0.1, 0.15) is 24.2 Å². The highest BCUT2D eigenvalue weighted by Gasteiger charge is 2.14. The lowest BCUT2D eigenvalue weighted by Crippen LogP contribution is -2.23. The zero-order valence-corrected chi connectivity index (χ0v) is 10.8. The second kappa shape index (κ2) is 4.94.